The van der Waals surface area contributed by atoms with Crippen LogP contribution in [0.5, 0.6) is 0 Å². The molecule has 2 bridgehead atoms. The Morgan fingerprint density at radius 1 is 1.22 bits per heavy atom. The predicted molar refractivity (Wildman–Crippen MR) is 77.9 cm³/mol. The van der Waals surface area contributed by atoms with Crippen LogP contribution in [0.25, 0.3) is 0 Å². The summed E-state index contributed by atoms with van der Waals surface area (Å²) in [5.41, 5.74) is 0.977. The van der Waals surface area contributed by atoms with Gasteiger partial charge >= 0.3 is 0 Å². The van der Waals surface area contributed by atoms with Crippen molar-refractivity contribution in [3.63, 3.8) is 0 Å². The Kier molecular flexibility index (Phi) is 2.31. The van der Waals surface area contributed by atoms with E-state index in [9.17, 15) is 0 Å². The van der Waals surface area contributed by atoms with Crippen LogP contribution in [0.3, 0.4) is 0 Å². The van der Waals surface area contributed by atoms with Crippen molar-refractivity contribution in [1.29, 1.82) is 0 Å². The first-order chi connectivity index (χ1) is 8.45. The molecule has 4 fully saturated rings. The third kappa shape index (κ3) is 0.996. The van der Waals surface area contributed by atoms with Crippen molar-refractivity contribution in [3.8, 4) is 0 Å². The van der Waals surface area contributed by atoms with Gasteiger partial charge in [0.05, 0.1) is 6.10 Å². The first-order valence-corrected chi connectivity index (χ1v) is 9.98. The summed E-state index contributed by atoms with van der Waals surface area (Å²) >= 11 is 0. The fourth-order valence-electron chi connectivity index (χ4n) is 6.05. The Labute approximate surface area is 114 Å². The fraction of sp³-hybridized carbons (Fsp3) is 1.00. The third-order valence-electron chi connectivity index (χ3n) is 7.29. The second-order valence-electron chi connectivity index (χ2n) is 7.53. The van der Waals surface area contributed by atoms with E-state index in [2.05, 4.69) is 29.7 Å². The van der Waals surface area contributed by atoms with Crippen LogP contribution in [0.2, 0.25) is 0 Å². The second kappa shape index (κ2) is 3.33. The van der Waals surface area contributed by atoms with E-state index in [0.717, 1.165) is 0 Å². The summed E-state index contributed by atoms with van der Waals surface area (Å²) in [7, 11) is 3.26. The molecule has 0 aromatic carbocycles. The lowest BCUT2D eigenvalue weighted by molar-refractivity contribution is -0.0528. The first-order valence-electron chi connectivity index (χ1n) is 7.27. The van der Waals surface area contributed by atoms with Gasteiger partial charge in [0.15, 0.2) is 0 Å². The monoisotopic (exact) mass is 286 g/mol. The molecule has 18 heavy (non-hydrogen) atoms. The molecule has 0 spiro atoms. The van der Waals surface area contributed by atoms with E-state index in [1.807, 2.05) is 0 Å². The van der Waals surface area contributed by atoms with Crippen LogP contribution >= 0.6 is 17.4 Å². The summed E-state index contributed by atoms with van der Waals surface area (Å²) in [5, 5.41) is 0. The topological polar surface area (TPSA) is 21.8 Å². The van der Waals surface area contributed by atoms with Crippen molar-refractivity contribution < 1.29 is 9.26 Å². The van der Waals surface area contributed by atoms with Gasteiger partial charge in [0, 0.05) is 13.9 Å². The third-order valence-corrected chi connectivity index (χ3v) is 8.09. The molecule has 3 aliphatic carbocycles. The van der Waals surface area contributed by atoms with Gasteiger partial charge in [0.2, 0.25) is 0 Å². The van der Waals surface area contributed by atoms with Gasteiger partial charge in [-0.3, -0.25) is 0 Å². The highest BCUT2D eigenvalue weighted by molar-refractivity contribution is 8.00. The van der Waals surface area contributed by atoms with Gasteiger partial charge in [-0.05, 0) is 43.4 Å². The molecule has 1 aliphatic heterocycles. The predicted octanol–water partition coefficient (Wildman–Crippen LogP) is 3.90. The van der Waals surface area contributed by atoms with Crippen LogP contribution in [-0.2, 0) is 9.26 Å². The van der Waals surface area contributed by atoms with E-state index in [-0.39, 0.29) is 11.2 Å². The average molecular weight is 286 g/mol. The fourth-order valence-corrected chi connectivity index (χ4v) is 6.99. The van der Waals surface area contributed by atoms with Gasteiger partial charge in [-0.1, -0.05) is 29.7 Å². The van der Waals surface area contributed by atoms with Crippen molar-refractivity contribution in [1.82, 2.24) is 0 Å². The van der Waals surface area contributed by atoms with Gasteiger partial charge in [0.25, 0.3) is 0 Å². The van der Waals surface area contributed by atoms with Crippen LogP contribution < -0.4 is 0 Å². The van der Waals surface area contributed by atoms with Crippen molar-refractivity contribution >= 4 is 17.4 Å². The van der Waals surface area contributed by atoms with E-state index in [1.165, 1.54) is 32.1 Å². The van der Waals surface area contributed by atoms with E-state index < -0.39 is 0 Å². The average Bonchev–Trinajstić information content (AvgIpc) is 2.76. The summed E-state index contributed by atoms with van der Waals surface area (Å²) in [6.07, 6.45) is 6.83. The number of rotatable bonds is 2. The summed E-state index contributed by atoms with van der Waals surface area (Å²) < 4.78 is 12.7. The van der Waals surface area contributed by atoms with Crippen LogP contribution in [0.4, 0.5) is 0 Å². The lowest BCUT2D eigenvalue weighted by Crippen LogP contribution is -2.58. The van der Waals surface area contributed by atoms with Crippen molar-refractivity contribution in [2.75, 3.05) is 0 Å². The Hall–Kier alpha value is 0.780. The molecular formula is C14H24O2P2. The summed E-state index contributed by atoms with van der Waals surface area (Å²) in [6.45, 7) is 7.43. The molecule has 0 aromatic heterocycles. The highest BCUT2D eigenvalue weighted by Gasteiger charge is 2.89. The minimum absolute atomic E-state index is 0.0992. The summed E-state index contributed by atoms with van der Waals surface area (Å²) in [4.78, 5) is 0. The van der Waals surface area contributed by atoms with Crippen molar-refractivity contribution in [3.05, 3.63) is 0 Å². The lowest BCUT2D eigenvalue weighted by Gasteiger charge is -2.52. The molecule has 0 radical (unpaired) electrons. The molecule has 4 heteroatoms. The maximum Gasteiger partial charge on any atom is 0.125 e. The molecule has 4 rings (SSSR count). The number of hydrogen-bond acceptors (Lipinski definition) is 2. The van der Waals surface area contributed by atoms with Crippen molar-refractivity contribution in [2.24, 2.45) is 16.7 Å². The second-order valence-corrected chi connectivity index (χ2v) is 8.71. The van der Waals surface area contributed by atoms with Gasteiger partial charge in [-0.25, -0.2) is 0 Å². The molecule has 1 saturated heterocycles. The summed E-state index contributed by atoms with van der Waals surface area (Å²) in [5.74, 6) is 0.685. The molecular weight excluding hydrogens is 262 g/mol. The minimum atomic E-state index is 0.0992. The molecule has 7 atom stereocenters. The maximum absolute atomic E-state index is 6.50. The zero-order valence-electron chi connectivity index (χ0n) is 11.6. The van der Waals surface area contributed by atoms with Crippen LogP contribution in [0.15, 0.2) is 0 Å². The van der Waals surface area contributed by atoms with Gasteiger partial charge in [-0.2, -0.15) is 0 Å². The van der Waals surface area contributed by atoms with Gasteiger partial charge in [0.1, 0.15) is 11.2 Å². The molecule has 0 amide bonds. The first kappa shape index (κ1) is 12.5. The van der Waals surface area contributed by atoms with E-state index >= 15 is 0 Å². The standard InChI is InChI=1S/C14H24O2P2/c1-11(2)9-5-8-12(11,3)14-7-4-6-13(14,16-14)10(9)15-18-17/h9-10,18H,4-8,17H2,1-3H3. The minimum Gasteiger partial charge on any atom is -0.359 e. The Bertz CT molecular complexity index is 413. The molecule has 0 N–H and O–H groups in total. The van der Waals surface area contributed by atoms with Crippen LogP contribution in [-0.4, -0.2) is 17.3 Å². The molecule has 2 nitrogen and oxygen atoms in total. The SMILES string of the molecule is CC1(C)C2CCC1(C)C13CCCC1(O3)C2OPP. The molecule has 3 saturated carbocycles. The van der Waals surface area contributed by atoms with E-state index in [4.69, 9.17) is 9.26 Å². The van der Waals surface area contributed by atoms with Gasteiger partial charge < -0.3 is 9.26 Å². The molecule has 7 unspecified atom stereocenters. The largest absolute Gasteiger partial charge is 0.359 e. The number of fused-ring (bicyclic) bond motifs is 2. The Morgan fingerprint density at radius 3 is 2.72 bits per heavy atom. The lowest BCUT2D eigenvalue weighted by atomic mass is 9.51. The van der Waals surface area contributed by atoms with Crippen molar-refractivity contribution in [2.45, 2.75) is 70.2 Å². The van der Waals surface area contributed by atoms with E-state index in [1.54, 1.807) is 0 Å². The Balaban J connectivity index is 1.86. The quantitative estimate of drug-likeness (QED) is 0.567. The molecule has 102 valence electrons. The van der Waals surface area contributed by atoms with E-state index in [0.29, 0.717) is 31.3 Å². The summed E-state index contributed by atoms with van der Waals surface area (Å²) in [6, 6.07) is 0. The van der Waals surface area contributed by atoms with Crippen LogP contribution in [0, 0.1) is 16.7 Å². The highest BCUT2D eigenvalue weighted by atomic mass is 32.0. The Morgan fingerprint density at radius 2 is 2.00 bits per heavy atom. The molecule has 1 heterocycles. The molecule has 4 aliphatic rings. The smallest absolute Gasteiger partial charge is 0.125 e. The maximum atomic E-state index is 6.50. The number of ether oxygens (including phenoxy) is 1. The molecule has 0 aromatic rings. The number of epoxide rings is 1. The number of hydrogen-bond donors (Lipinski definition) is 0. The zero-order valence-corrected chi connectivity index (χ0v) is 13.7. The van der Waals surface area contributed by atoms with Crippen LogP contribution in [0.1, 0.15) is 52.9 Å². The highest BCUT2D eigenvalue weighted by Crippen LogP contribution is 2.82. The normalized spacial score (nSPS) is 60.0. The zero-order chi connectivity index (χ0) is 12.8. The van der Waals surface area contributed by atoms with Gasteiger partial charge in [-0.15, -0.1) is 0 Å².